The number of ether oxygens (including phenoxy) is 1. The van der Waals surface area contributed by atoms with E-state index < -0.39 is 4.92 Å². The average molecular weight is 325 g/mol. The predicted molar refractivity (Wildman–Crippen MR) is 90.2 cm³/mol. The summed E-state index contributed by atoms with van der Waals surface area (Å²) in [5, 5.41) is 10.9. The molecular formula is C18H19N3O3. The van der Waals surface area contributed by atoms with Gasteiger partial charge in [0.1, 0.15) is 17.6 Å². The van der Waals surface area contributed by atoms with Crippen LogP contribution in [0.4, 0.5) is 11.5 Å². The Morgan fingerprint density at radius 3 is 3.00 bits per heavy atom. The van der Waals surface area contributed by atoms with Crippen LogP contribution in [0, 0.1) is 17.0 Å². The molecular weight excluding hydrogens is 306 g/mol. The van der Waals surface area contributed by atoms with Crippen molar-refractivity contribution in [3.05, 3.63) is 63.3 Å². The summed E-state index contributed by atoms with van der Waals surface area (Å²) in [5.41, 5.74) is 3.20. The lowest BCUT2D eigenvalue weighted by molar-refractivity contribution is -0.385. The van der Waals surface area contributed by atoms with Crippen LogP contribution in [0.3, 0.4) is 0 Å². The van der Waals surface area contributed by atoms with Gasteiger partial charge in [0, 0.05) is 12.6 Å². The van der Waals surface area contributed by atoms with E-state index in [4.69, 9.17) is 4.74 Å². The molecule has 24 heavy (non-hydrogen) atoms. The Balaban J connectivity index is 1.66. The maximum Gasteiger partial charge on any atom is 0.287 e. The van der Waals surface area contributed by atoms with Gasteiger partial charge in [0.15, 0.2) is 0 Å². The van der Waals surface area contributed by atoms with E-state index in [9.17, 15) is 10.1 Å². The van der Waals surface area contributed by atoms with Gasteiger partial charge in [0.05, 0.1) is 18.1 Å². The minimum Gasteiger partial charge on any atom is -0.367 e. The van der Waals surface area contributed by atoms with Gasteiger partial charge in [-0.25, -0.2) is 4.98 Å². The highest BCUT2D eigenvalue weighted by Crippen LogP contribution is 2.43. The molecule has 1 aromatic carbocycles. The molecule has 124 valence electrons. The van der Waals surface area contributed by atoms with Crippen LogP contribution in [0.2, 0.25) is 0 Å². The second kappa shape index (κ2) is 5.56. The Bertz CT molecular complexity index is 804. The van der Waals surface area contributed by atoms with Crippen LogP contribution in [0.15, 0.2) is 36.5 Å². The molecule has 1 aliphatic carbocycles. The molecule has 1 unspecified atom stereocenters. The summed E-state index contributed by atoms with van der Waals surface area (Å²) in [6, 6.07) is 10.0. The Hall–Kier alpha value is -2.47. The standard InChI is InChI=1S/C18H19N3O3/c1-13-10-15(21(22)23)11-19-17(13)20-8-9-24-18(12-20)7-6-14-4-2-3-5-16(14)18/h2-5,10-11H,6-9,12H2,1H3. The van der Waals surface area contributed by atoms with Gasteiger partial charge in [-0.15, -0.1) is 0 Å². The van der Waals surface area contributed by atoms with Crippen molar-refractivity contribution in [2.24, 2.45) is 0 Å². The maximum absolute atomic E-state index is 10.9. The first-order chi connectivity index (χ1) is 11.6. The first-order valence-corrected chi connectivity index (χ1v) is 8.17. The fourth-order valence-electron chi connectivity index (χ4n) is 3.92. The number of hydrogen-bond donors (Lipinski definition) is 0. The van der Waals surface area contributed by atoms with Crippen LogP contribution in [0.5, 0.6) is 0 Å². The van der Waals surface area contributed by atoms with Crippen molar-refractivity contribution in [2.45, 2.75) is 25.4 Å². The molecule has 0 amide bonds. The van der Waals surface area contributed by atoms with E-state index in [0.717, 1.165) is 37.3 Å². The minimum atomic E-state index is -0.405. The van der Waals surface area contributed by atoms with Gasteiger partial charge in [-0.1, -0.05) is 24.3 Å². The van der Waals surface area contributed by atoms with Gasteiger partial charge in [-0.05, 0) is 36.5 Å². The van der Waals surface area contributed by atoms with E-state index >= 15 is 0 Å². The Kier molecular flexibility index (Phi) is 3.49. The number of rotatable bonds is 2. The third-order valence-corrected chi connectivity index (χ3v) is 5.04. The fraction of sp³-hybridized carbons (Fsp3) is 0.389. The third-order valence-electron chi connectivity index (χ3n) is 5.04. The number of aromatic nitrogens is 1. The van der Waals surface area contributed by atoms with Crippen LogP contribution >= 0.6 is 0 Å². The van der Waals surface area contributed by atoms with Crippen molar-refractivity contribution in [3.63, 3.8) is 0 Å². The van der Waals surface area contributed by atoms with Crippen molar-refractivity contribution in [2.75, 3.05) is 24.6 Å². The summed E-state index contributed by atoms with van der Waals surface area (Å²) in [6.07, 6.45) is 3.33. The number of aryl methyl sites for hydroxylation is 2. The van der Waals surface area contributed by atoms with Crippen LogP contribution < -0.4 is 4.90 Å². The van der Waals surface area contributed by atoms with Gasteiger partial charge in [0.25, 0.3) is 5.69 Å². The summed E-state index contributed by atoms with van der Waals surface area (Å²) >= 11 is 0. The maximum atomic E-state index is 10.9. The molecule has 6 nitrogen and oxygen atoms in total. The van der Waals surface area contributed by atoms with Crippen LogP contribution in [0.1, 0.15) is 23.1 Å². The van der Waals surface area contributed by atoms with Gasteiger partial charge >= 0.3 is 0 Å². The Morgan fingerprint density at radius 2 is 2.21 bits per heavy atom. The zero-order valence-corrected chi connectivity index (χ0v) is 13.6. The van der Waals surface area contributed by atoms with E-state index in [2.05, 4.69) is 34.1 Å². The molecule has 1 spiro atoms. The topological polar surface area (TPSA) is 68.5 Å². The molecule has 2 aromatic rings. The van der Waals surface area contributed by atoms with Crippen molar-refractivity contribution in [1.82, 2.24) is 4.98 Å². The highest BCUT2D eigenvalue weighted by Gasteiger charge is 2.43. The number of nitrogens with zero attached hydrogens (tertiary/aromatic N) is 3. The summed E-state index contributed by atoms with van der Waals surface area (Å²) < 4.78 is 6.23. The number of benzene rings is 1. The van der Waals surface area contributed by atoms with E-state index in [-0.39, 0.29) is 11.3 Å². The molecule has 6 heteroatoms. The highest BCUT2D eigenvalue weighted by atomic mass is 16.6. The van der Waals surface area contributed by atoms with Crippen LogP contribution in [-0.4, -0.2) is 29.6 Å². The molecule has 0 N–H and O–H groups in total. The largest absolute Gasteiger partial charge is 0.367 e. The molecule has 2 heterocycles. The smallest absolute Gasteiger partial charge is 0.287 e. The summed E-state index contributed by atoms with van der Waals surface area (Å²) in [5.74, 6) is 0.813. The van der Waals surface area contributed by atoms with Crippen molar-refractivity contribution in [1.29, 1.82) is 0 Å². The summed E-state index contributed by atoms with van der Waals surface area (Å²) in [7, 11) is 0. The second-order valence-corrected chi connectivity index (χ2v) is 6.51. The molecule has 0 radical (unpaired) electrons. The third kappa shape index (κ3) is 2.34. The van der Waals surface area contributed by atoms with Crippen LogP contribution in [-0.2, 0) is 16.8 Å². The molecule has 0 saturated carbocycles. The molecule has 1 saturated heterocycles. The molecule has 2 aliphatic rings. The Morgan fingerprint density at radius 1 is 1.38 bits per heavy atom. The second-order valence-electron chi connectivity index (χ2n) is 6.51. The van der Waals surface area contributed by atoms with E-state index in [1.54, 1.807) is 6.07 Å². The predicted octanol–water partition coefficient (Wildman–Crippen LogP) is 2.98. The number of nitro groups is 1. The summed E-state index contributed by atoms with van der Waals surface area (Å²) in [4.78, 5) is 17.1. The average Bonchev–Trinajstić information content (AvgIpc) is 2.93. The van der Waals surface area contributed by atoms with Gasteiger partial charge in [-0.3, -0.25) is 10.1 Å². The highest BCUT2D eigenvalue weighted by molar-refractivity contribution is 5.52. The first kappa shape index (κ1) is 15.1. The normalized spacial score (nSPS) is 22.6. The molecule has 1 aliphatic heterocycles. The number of fused-ring (bicyclic) bond motifs is 2. The van der Waals surface area contributed by atoms with Gasteiger partial charge < -0.3 is 9.64 Å². The van der Waals surface area contributed by atoms with Crippen molar-refractivity contribution in [3.8, 4) is 0 Å². The van der Waals surface area contributed by atoms with Crippen molar-refractivity contribution >= 4 is 11.5 Å². The van der Waals surface area contributed by atoms with E-state index in [1.165, 1.54) is 17.3 Å². The molecule has 0 bridgehead atoms. The number of morpholine rings is 1. The van der Waals surface area contributed by atoms with E-state index in [1.807, 2.05) is 6.92 Å². The lowest BCUT2D eigenvalue weighted by Gasteiger charge is -2.42. The fourth-order valence-corrected chi connectivity index (χ4v) is 3.92. The zero-order valence-electron chi connectivity index (χ0n) is 13.6. The molecule has 1 atom stereocenters. The number of anilines is 1. The quantitative estimate of drug-likeness (QED) is 0.627. The SMILES string of the molecule is Cc1cc([N+](=O)[O-])cnc1N1CCOC2(CCc3ccccc32)C1. The van der Waals surface area contributed by atoms with Gasteiger partial charge in [0.2, 0.25) is 0 Å². The number of pyridine rings is 1. The molecule has 1 fully saturated rings. The molecule has 4 rings (SSSR count). The van der Waals surface area contributed by atoms with Crippen LogP contribution in [0.25, 0.3) is 0 Å². The zero-order chi connectivity index (χ0) is 16.7. The first-order valence-electron chi connectivity index (χ1n) is 8.17. The monoisotopic (exact) mass is 325 g/mol. The van der Waals surface area contributed by atoms with Gasteiger partial charge in [-0.2, -0.15) is 0 Å². The molecule has 1 aromatic heterocycles. The Labute approximate surface area is 140 Å². The number of hydrogen-bond acceptors (Lipinski definition) is 5. The van der Waals surface area contributed by atoms with E-state index in [0.29, 0.717) is 6.61 Å². The minimum absolute atomic E-state index is 0.0328. The summed E-state index contributed by atoms with van der Waals surface area (Å²) in [6.45, 7) is 3.98. The van der Waals surface area contributed by atoms with Crippen molar-refractivity contribution < 1.29 is 9.66 Å². The lowest BCUT2D eigenvalue weighted by Crippen LogP contribution is -2.49. The lowest BCUT2D eigenvalue weighted by atomic mass is 9.93.